The van der Waals surface area contributed by atoms with E-state index in [0.717, 1.165) is 30.0 Å². The second-order valence-electron chi connectivity index (χ2n) is 7.56. The molecular formula is C22H29FN2O. The van der Waals surface area contributed by atoms with Crippen LogP contribution in [0, 0.1) is 17.7 Å². The first-order chi connectivity index (χ1) is 12.3. The van der Waals surface area contributed by atoms with Gasteiger partial charge in [-0.1, -0.05) is 52.0 Å². The van der Waals surface area contributed by atoms with Crippen LogP contribution in [0.25, 0.3) is 0 Å². The number of rotatable bonds is 8. The highest BCUT2D eigenvalue weighted by Crippen LogP contribution is 2.27. The topological polar surface area (TPSA) is 32.3 Å². The lowest BCUT2D eigenvalue weighted by Gasteiger charge is -2.30. The van der Waals surface area contributed by atoms with E-state index in [0.29, 0.717) is 11.8 Å². The zero-order valence-corrected chi connectivity index (χ0v) is 16.1. The lowest BCUT2D eigenvalue weighted by atomic mass is 10.1. The summed E-state index contributed by atoms with van der Waals surface area (Å²) < 4.78 is 13.0. The Hall–Kier alpha value is -2.36. The predicted octanol–water partition coefficient (Wildman–Crippen LogP) is 5.13. The van der Waals surface area contributed by atoms with Crippen LogP contribution in [0.1, 0.15) is 33.3 Å². The van der Waals surface area contributed by atoms with Gasteiger partial charge in [-0.05, 0) is 41.7 Å². The van der Waals surface area contributed by atoms with Gasteiger partial charge in [0.1, 0.15) is 5.82 Å². The van der Waals surface area contributed by atoms with Gasteiger partial charge in [0.05, 0.1) is 17.8 Å². The minimum Gasteiger partial charge on any atom is -0.369 e. The van der Waals surface area contributed by atoms with Gasteiger partial charge in [0.15, 0.2) is 0 Å². The highest BCUT2D eigenvalue weighted by molar-refractivity contribution is 5.95. The molecule has 0 aromatic heterocycles. The lowest BCUT2D eigenvalue weighted by molar-refractivity contribution is -0.115. The molecule has 0 unspecified atom stereocenters. The number of benzene rings is 2. The van der Waals surface area contributed by atoms with Crippen molar-refractivity contribution >= 4 is 17.3 Å². The fourth-order valence-corrected chi connectivity index (χ4v) is 2.99. The van der Waals surface area contributed by atoms with Gasteiger partial charge in [-0.3, -0.25) is 4.79 Å². The Labute approximate surface area is 156 Å². The van der Waals surface area contributed by atoms with Crippen LogP contribution in [0.2, 0.25) is 0 Å². The molecule has 1 amide bonds. The smallest absolute Gasteiger partial charge is 0.228 e. The van der Waals surface area contributed by atoms with Gasteiger partial charge in [-0.25, -0.2) is 4.39 Å². The first-order valence-corrected chi connectivity index (χ1v) is 9.23. The second kappa shape index (κ2) is 9.37. The van der Waals surface area contributed by atoms with Crippen molar-refractivity contribution in [2.75, 3.05) is 23.3 Å². The van der Waals surface area contributed by atoms with E-state index >= 15 is 0 Å². The number of para-hydroxylation sites is 2. The molecule has 0 aliphatic carbocycles. The monoisotopic (exact) mass is 356 g/mol. The molecule has 4 heteroatoms. The van der Waals surface area contributed by atoms with E-state index in [4.69, 9.17) is 0 Å². The van der Waals surface area contributed by atoms with Gasteiger partial charge in [0.25, 0.3) is 0 Å². The quantitative estimate of drug-likeness (QED) is 0.711. The number of halogens is 1. The minimum atomic E-state index is -0.294. The van der Waals surface area contributed by atoms with Crippen LogP contribution in [0.5, 0.6) is 0 Å². The number of anilines is 2. The molecule has 0 aliphatic rings. The Morgan fingerprint density at radius 1 is 0.962 bits per heavy atom. The van der Waals surface area contributed by atoms with Gasteiger partial charge >= 0.3 is 0 Å². The highest BCUT2D eigenvalue weighted by atomic mass is 19.1. The van der Waals surface area contributed by atoms with E-state index in [-0.39, 0.29) is 18.1 Å². The van der Waals surface area contributed by atoms with Crippen LogP contribution in [0.15, 0.2) is 48.5 Å². The van der Waals surface area contributed by atoms with Gasteiger partial charge in [-0.2, -0.15) is 0 Å². The first kappa shape index (κ1) is 20.0. The lowest BCUT2D eigenvalue weighted by Crippen LogP contribution is -2.32. The summed E-state index contributed by atoms with van der Waals surface area (Å²) in [7, 11) is 0. The van der Waals surface area contributed by atoms with Crippen LogP contribution in [-0.2, 0) is 11.2 Å². The first-order valence-electron chi connectivity index (χ1n) is 9.23. The molecule has 0 saturated heterocycles. The van der Waals surface area contributed by atoms with Crippen LogP contribution in [0.3, 0.4) is 0 Å². The highest BCUT2D eigenvalue weighted by Gasteiger charge is 2.15. The van der Waals surface area contributed by atoms with Crippen molar-refractivity contribution < 1.29 is 9.18 Å². The van der Waals surface area contributed by atoms with Crippen molar-refractivity contribution in [3.63, 3.8) is 0 Å². The van der Waals surface area contributed by atoms with E-state index < -0.39 is 0 Å². The average molecular weight is 356 g/mol. The Morgan fingerprint density at radius 2 is 1.54 bits per heavy atom. The number of amides is 1. The molecule has 26 heavy (non-hydrogen) atoms. The van der Waals surface area contributed by atoms with Crippen LogP contribution >= 0.6 is 0 Å². The maximum Gasteiger partial charge on any atom is 0.228 e. The molecule has 0 bridgehead atoms. The van der Waals surface area contributed by atoms with Gasteiger partial charge in [0.2, 0.25) is 5.91 Å². The average Bonchev–Trinajstić information content (AvgIpc) is 2.56. The van der Waals surface area contributed by atoms with Crippen molar-refractivity contribution in [2.24, 2.45) is 11.8 Å². The molecule has 0 aliphatic heterocycles. The molecule has 1 N–H and O–H groups in total. The summed E-state index contributed by atoms with van der Waals surface area (Å²) >= 11 is 0. The molecule has 0 fully saturated rings. The summed E-state index contributed by atoms with van der Waals surface area (Å²) in [5.74, 6) is 0.657. The fraction of sp³-hybridized carbons (Fsp3) is 0.409. The number of nitrogens with zero attached hydrogens (tertiary/aromatic N) is 1. The molecule has 0 spiro atoms. The summed E-state index contributed by atoms with van der Waals surface area (Å²) in [5.41, 5.74) is 2.66. The van der Waals surface area contributed by atoms with Crippen molar-refractivity contribution in [3.05, 3.63) is 59.9 Å². The Bertz CT molecular complexity index is 700. The number of carbonyl (C=O) groups is 1. The molecule has 0 atom stereocenters. The molecule has 2 aromatic rings. The van der Waals surface area contributed by atoms with Crippen molar-refractivity contribution in [1.29, 1.82) is 0 Å². The molecule has 140 valence electrons. The summed E-state index contributed by atoms with van der Waals surface area (Å²) in [6.45, 7) is 10.7. The third-order valence-electron chi connectivity index (χ3n) is 3.97. The summed E-state index contributed by atoms with van der Waals surface area (Å²) in [5, 5.41) is 3.03. The van der Waals surface area contributed by atoms with E-state index in [1.54, 1.807) is 12.1 Å². The maximum absolute atomic E-state index is 13.0. The number of hydrogen-bond donors (Lipinski definition) is 1. The molecule has 2 aromatic carbocycles. The van der Waals surface area contributed by atoms with Crippen molar-refractivity contribution in [3.8, 4) is 0 Å². The van der Waals surface area contributed by atoms with Crippen molar-refractivity contribution in [1.82, 2.24) is 0 Å². The Morgan fingerprint density at radius 3 is 2.12 bits per heavy atom. The van der Waals surface area contributed by atoms with E-state index in [2.05, 4.69) is 44.0 Å². The zero-order chi connectivity index (χ0) is 19.1. The largest absolute Gasteiger partial charge is 0.369 e. The van der Waals surface area contributed by atoms with E-state index in [9.17, 15) is 9.18 Å². The summed E-state index contributed by atoms with van der Waals surface area (Å²) in [6, 6.07) is 14.0. The molecule has 3 nitrogen and oxygen atoms in total. The molecule has 2 rings (SSSR count). The summed E-state index contributed by atoms with van der Waals surface area (Å²) in [4.78, 5) is 14.8. The Balaban J connectivity index is 2.15. The van der Waals surface area contributed by atoms with Gasteiger partial charge in [0, 0.05) is 13.1 Å². The summed E-state index contributed by atoms with van der Waals surface area (Å²) in [6.07, 6.45) is 0.225. The van der Waals surface area contributed by atoms with E-state index in [1.165, 1.54) is 12.1 Å². The third kappa shape index (κ3) is 6.17. The minimum absolute atomic E-state index is 0.0990. The third-order valence-corrected chi connectivity index (χ3v) is 3.97. The normalized spacial score (nSPS) is 11.0. The Kier molecular flexibility index (Phi) is 7.19. The molecular weight excluding hydrogens is 327 g/mol. The van der Waals surface area contributed by atoms with Crippen LogP contribution in [-0.4, -0.2) is 19.0 Å². The molecule has 0 heterocycles. The maximum atomic E-state index is 13.0. The number of carbonyl (C=O) groups excluding carboxylic acids is 1. The zero-order valence-electron chi connectivity index (χ0n) is 16.1. The SMILES string of the molecule is CC(C)CN(CC(C)C)c1ccccc1NC(=O)Cc1ccc(F)cc1. The van der Waals surface area contributed by atoms with Gasteiger partial charge < -0.3 is 10.2 Å². The van der Waals surface area contributed by atoms with Crippen LogP contribution in [0.4, 0.5) is 15.8 Å². The number of nitrogens with one attached hydrogen (secondary N) is 1. The van der Waals surface area contributed by atoms with Crippen LogP contribution < -0.4 is 10.2 Å². The van der Waals surface area contributed by atoms with Gasteiger partial charge in [-0.15, -0.1) is 0 Å². The number of hydrogen-bond acceptors (Lipinski definition) is 2. The molecule has 0 saturated carbocycles. The predicted molar refractivity (Wildman–Crippen MR) is 107 cm³/mol. The molecule has 0 radical (unpaired) electrons. The van der Waals surface area contributed by atoms with E-state index in [1.807, 2.05) is 18.2 Å². The van der Waals surface area contributed by atoms with Crippen molar-refractivity contribution in [2.45, 2.75) is 34.1 Å². The second-order valence-corrected chi connectivity index (χ2v) is 7.56. The standard InChI is InChI=1S/C22H29FN2O/c1-16(2)14-25(15-17(3)4)21-8-6-5-7-20(21)24-22(26)13-18-9-11-19(23)12-10-18/h5-12,16-17H,13-15H2,1-4H3,(H,24,26). The fourth-order valence-electron chi connectivity index (χ4n) is 2.99.